The number of rotatable bonds is 7. The van der Waals surface area contributed by atoms with Crippen molar-refractivity contribution in [3.05, 3.63) is 67.7 Å². The second kappa shape index (κ2) is 9.55. The summed E-state index contributed by atoms with van der Waals surface area (Å²) < 4.78 is 28.4. The first kappa shape index (κ1) is 22.2. The first-order chi connectivity index (χ1) is 14.3. The van der Waals surface area contributed by atoms with Crippen LogP contribution in [0.3, 0.4) is 0 Å². The van der Waals surface area contributed by atoms with Gasteiger partial charge in [0, 0.05) is 23.3 Å². The molecule has 0 aliphatic heterocycles. The van der Waals surface area contributed by atoms with Crippen molar-refractivity contribution in [2.75, 3.05) is 5.73 Å². The smallest absolute Gasteiger partial charge is 0.166 e. The van der Waals surface area contributed by atoms with Crippen molar-refractivity contribution in [1.82, 2.24) is 14.8 Å². The van der Waals surface area contributed by atoms with Crippen molar-refractivity contribution < 1.29 is 13.9 Å². The van der Waals surface area contributed by atoms with E-state index in [2.05, 4.69) is 48.0 Å². The van der Waals surface area contributed by atoms with E-state index in [4.69, 9.17) is 20.5 Å². The summed E-state index contributed by atoms with van der Waals surface area (Å²) in [4.78, 5) is 4.04. The van der Waals surface area contributed by atoms with Gasteiger partial charge in [0.15, 0.2) is 17.3 Å². The van der Waals surface area contributed by atoms with E-state index < -0.39 is 6.10 Å². The van der Waals surface area contributed by atoms with Crippen molar-refractivity contribution in [3.63, 3.8) is 0 Å². The summed E-state index contributed by atoms with van der Waals surface area (Å²) in [5, 5.41) is 13.4. The van der Waals surface area contributed by atoms with Gasteiger partial charge in [0.05, 0.1) is 17.7 Å². The largest absolute Gasteiger partial charge is 0.482 e. The molecule has 0 saturated carbocycles. The van der Waals surface area contributed by atoms with Crippen LogP contribution in [0.25, 0.3) is 0 Å². The molecule has 156 valence electrons. The molecule has 0 amide bonds. The molecule has 3 aromatic rings. The summed E-state index contributed by atoms with van der Waals surface area (Å²) in [6.07, 6.45) is 1.08. The third-order valence-electron chi connectivity index (χ3n) is 4.36. The van der Waals surface area contributed by atoms with Crippen LogP contribution in [0.15, 0.2) is 39.4 Å². The van der Waals surface area contributed by atoms with Gasteiger partial charge in [0.2, 0.25) is 0 Å². The fourth-order valence-electron chi connectivity index (χ4n) is 2.88. The van der Waals surface area contributed by atoms with E-state index in [-0.39, 0.29) is 24.8 Å². The van der Waals surface area contributed by atoms with E-state index >= 15 is 0 Å². The van der Waals surface area contributed by atoms with Crippen LogP contribution in [0.5, 0.6) is 5.75 Å². The van der Waals surface area contributed by atoms with Crippen LogP contribution in [0.2, 0.25) is 0 Å². The van der Waals surface area contributed by atoms with E-state index in [1.807, 2.05) is 0 Å². The minimum atomic E-state index is -0.496. The molecule has 0 spiro atoms. The Kier molecular flexibility index (Phi) is 7.07. The number of anilines is 1. The van der Waals surface area contributed by atoms with Gasteiger partial charge in [0.25, 0.3) is 0 Å². The number of nitriles is 1. The Bertz CT molecular complexity index is 1110. The summed E-state index contributed by atoms with van der Waals surface area (Å²) in [7, 11) is 1.69. The molecule has 7 nitrogen and oxygen atoms in total. The van der Waals surface area contributed by atoms with E-state index in [0.717, 1.165) is 10.0 Å². The number of nitrogens with two attached hydrogens (primary N) is 1. The quantitative estimate of drug-likeness (QED) is 0.464. The number of nitrogens with zero attached hydrogens (tertiary/aromatic N) is 4. The standard InChI is InChI=1S/C20H18Br2FN5O2/c1-11(30-18-5-13(21)8-26-20(18)25)15-6-14(23)4-3-12(15)9-29-10-16-19(22)17(7-24)28(2)27-16/h3-6,8,11H,9-10H2,1-2H3,(H2,25,26). The van der Waals surface area contributed by atoms with Gasteiger partial charge in [-0.05, 0) is 62.5 Å². The summed E-state index contributed by atoms with van der Waals surface area (Å²) in [5.41, 5.74) is 8.29. The minimum Gasteiger partial charge on any atom is -0.482 e. The number of hydrogen-bond donors (Lipinski definition) is 1. The predicted octanol–water partition coefficient (Wildman–Crippen LogP) is 4.79. The molecular weight excluding hydrogens is 521 g/mol. The maximum Gasteiger partial charge on any atom is 0.166 e. The van der Waals surface area contributed by atoms with E-state index in [1.54, 1.807) is 32.3 Å². The van der Waals surface area contributed by atoms with Crippen molar-refractivity contribution in [2.24, 2.45) is 7.05 Å². The molecule has 2 heterocycles. The molecule has 0 bridgehead atoms. The Morgan fingerprint density at radius 2 is 2.07 bits per heavy atom. The number of hydrogen-bond acceptors (Lipinski definition) is 6. The molecule has 0 aliphatic rings. The number of aryl methyl sites for hydroxylation is 1. The number of aromatic nitrogens is 3. The molecule has 3 rings (SSSR count). The average Bonchev–Trinajstić information content (AvgIpc) is 2.98. The highest BCUT2D eigenvalue weighted by atomic mass is 79.9. The fraction of sp³-hybridized carbons (Fsp3) is 0.250. The summed E-state index contributed by atoms with van der Waals surface area (Å²) in [6, 6.07) is 8.22. The number of ether oxygens (including phenoxy) is 2. The normalized spacial score (nSPS) is 11.9. The van der Waals surface area contributed by atoms with Crippen LogP contribution < -0.4 is 10.5 Å². The minimum absolute atomic E-state index is 0.185. The molecule has 0 saturated heterocycles. The highest BCUT2D eigenvalue weighted by Crippen LogP contribution is 2.30. The topological polar surface area (TPSA) is 99.0 Å². The second-order valence-electron chi connectivity index (χ2n) is 6.48. The lowest BCUT2D eigenvalue weighted by atomic mass is 10.0. The van der Waals surface area contributed by atoms with Gasteiger partial charge < -0.3 is 15.2 Å². The van der Waals surface area contributed by atoms with Gasteiger partial charge in [-0.1, -0.05) is 6.07 Å². The van der Waals surface area contributed by atoms with Crippen molar-refractivity contribution in [1.29, 1.82) is 5.26 Å². The number of benzene rings is 1. The van der Waals surface area contributed by atoms with Crippen LogP contribution in [0.1, 0.15) is 35.5 Å². The highest BCUT2D eigenvalue weighted by molar-refractivity contribution is 9.10. The van der Waals surface area contributed by atoms with E-state index in [1.165, 1.54) is 16.8 Å². The Morgan fingerprint density at radius 1 is 1.30 bits per heavy atom. The van der Waals surface area contributed by atoms with Gasteiger partial charge in [0.1, 0.15) is 23.7 Å². The number of nitrogen functional groups attached to an aromatic ring is 1. The van der Waals surface area contributed by atoms with Crippen LogP contribution in [-0.2, 0) is 25.0 Å². The zero-order valence-electron chi connectivity index (χ0n) is 16.2. The molecule has 2 aromatic heterocycles. The lowest BCUT2D eigenvalue weighted by Crippen LogP contribution is -2.10. The van der Waals surface area contributed by atoms with Crippen LogP contribution >= 0.6 is 31.9 Å². The second-order valence-corrected chi connectivity index (χ2v) is 8.19. The summed E-state index contributed by atoms with van der Waals surface area (Å²) >= 11 is 6.70. The number of pyridine rings is 1. The molecule has 1 unspecified atom stereocenters. The Balaban J connectivity index is 1.75. The molecule has 0 fully saturated rings. The number of halogens is 3. The van der Waals surface area contributed by atoms with Crippen molar-refractivity contribution in [3.8, 4) is 11.8 Å². The van der Waals surface area contributed by atoms with Crippen LogP contribution in [0.4, 0.5) is 10.2 Å². The lowest BCUT2D eigenvalue weighted by molar-refractivity contribution is 0.101. The first-order valence-electron chi connectivity index (χ1n) is 8.85. The zero-order valence-corrected chi connectivity index (χ0v) is 19.4. The van der Waals surface area contributed by atoms with Gasteiger partial charge in [-0.3, -0.25) is 4.68 Å². The predicted molar refractivity (Wildman–Crippen MR) is 116 cm³/mol. The maximum atomic E-state index is 13.9. The summed E-state index contributed by atoms with van der Waals surface area (Å²) in [6.45, 7) is 2.19. The molecular formula is C20H18Br2FN5O2. The van der Waals surface area contributed by atoms with E-state index in [9.17, 15) is 4.39 Å². The van der Waals surface area contributed by atoms with Crippen LogP contribution in [-0.4, -0.2) is 14.8 Å². The Morgan fingerprint density at radius 3 is 2.77 bits per heavy atom. The molecule has 1 atom stereocenters. The van der Waals surface area contributed by atoms with Gasteiger partial charge in [-0.2, -0.15) is 10.4 Å². The maximum absolute atomic E-state index is 13.9. The SMILES string of the molecule is CC(Oc1cc(Br)cnc1N)c1cc(F)ccc1COCc1nn(C)c(C#N)c1Br. The monoisotopic (exact) mass is 537 g/mol. The fourth-order valence-corrected chi connectivity index (χ4v) is 3.73. The third-order valence-corrected chi connectivity index (χ3v) is 5.62. The average molecular weight is 539 g/mol. The van der Waals surface area contributed by atoms with Gasteiger partial charge in [-0.25, -0.2) is 9.37 Å². The van der Waals surface area contributed by atoms with Crippen molar-refractivity contribution >= 4 is 37.7 Å². The van der Waals surface area contributed by atoms with E-state index in [0.29, 0.717) is 27.2 Å². The van der Waals surface area contributed by atoms with Gasteiger partial charge >= 0.3 is 0 Å². The highest BCUT2D eigenvalue weighted by Gasteiger charge is 2.17. The molecule has 30 heavy (non-hydrogen) atoms. The van der Waals surface area contributed by atoms with Gasteiger partial charge in [-0.15, -0.1) is 0 Å². The summed E-state index contributed by atoms with van der Waals surface area (Å²) in [5.74, 6) is 0.262. The molecule has 1 aromatic carbocycles. The molecule has 10 heteroatoms. The third kappa shape index (κ3) is 4.98. The Labute approximate surface area is 189 Å². The molecule has 0 radical (unpaired) electrons. The zero-order chi connectivity index (χ0) is 21.8. The van der Waals surface area contributed by atoms with Crippen LogP contribution in [0, 0.1) is 17.1 Å². The Hall–Kier alpha value is -2.48. The lowest BCUT2D eigenvalue weighted by Gasteiger charge is -2.19. The molecule has 2 N–H and O–H groups in total. The first-order valence-corrected chi connectivity index (χ1v) is 10.4. The van der Waals surface area contributed by atoms with Crippen molar-refractivity contribution in [2.45, 2.75) is 26.2 Å². The molecule has 0 aliphatic carbocycles.